The fourth-order valence-corrected chi connectivity index (χ4v) is 5.04. The van der Waals surface area contributed by atoms with Gasteiger partial charge in [0.25, 0.3) is 15.7 Å². The van der Waals surface area contributed by atoms with Gasteiger partial charge in [0.2, 0.25) is 0 Å². The molecule has 0 amide bonds. The number of hydrogen-bond donors (Lipinski definition) is 1. The van der Waals surface area contributed by atoms with Gasteiger partial charge >= 0.3 is 0 Å². The van der Waals surface area contributed by atoms with Gasteiger partial charge in [0.1, 0.15) is 0 Å². The van der Waals surface area contributed by atoms with E-state index in [4.69, 9.17) is 0 Å². The highest BCUT2D eigenvalue weighted by atomic mass is 32.2. The van der Waals surface area contributed by atoms with Gasteiger partial charge in [-0.1, -0.05) is 18.2 Å². The van der Waals surface area contributed by atoms with Crippen LogP contribution in [0.3, 0.4) is 0 Å². The molecule has 1 aliphatic rings. The number of piperazine rings is 1. The maximum absolute atomic E-state index is 13.3. The highest BCUT2D eigenvalue weighted by Gasteiger charge is 2.39. The SMILES string of the molecule is Cc1cccc([N+](=O)[O-])c1S(=O)(=O)N1CCNCC1c1cccnc1. The Morgan fingerprint density at radius 3 is 2.80 bits per heavy atom. The largest absolute Gasteiger partial charge is 0.313 e. The number of rotatable bonds is 4. The highest BCUT2D eigenvalue weighted by Crippen LogP contribution is 2.34. The van der Waals surface area contributed by atoms with Crippen LogP contribution in [0, 0.1) is 17.0 Å². The number of pyridine rings is 1. The Labute approximate surface area is 145 Å². The number of nitro benzene ring substituents is 1. The number of benzene rings is 1. The van der Waals surface area contributed by atoms with E-state index in [9.17, 15) is 18.5 Å². The van der Waals surface area contributed by atoms with Crippen LogP contribution in [0.5, 0.6) is 0 Å². The van der Waals surface area contributed by atoms with E-state index in [0.717, 1.165) is 5.56 Å². The first-order valence-corrected chi connectivity index (χ1v) is 9.23. The lowest BCUT2D eigenvalue weighted by molar-refractivity contribution is -0.387. The molecule has 1 aliphatic heterocycles. The van der Waals surface area contributed by atoms with Crippen LogP contribution in [-0.4, -0.2) is 42.3 Å². The third-order valence-electron chi connectivity index (χ3n) is 4.22. The van der Waals surface area contributed by atoms with Crippen LogP contribution in [0.25, 0.3) is 0 Å². The Kier molecular flexibility index (Phi) is 4.80. The van der Waals surface area contributed by atoms with Crippen LogP contribution in [0.15, 0.2) is 47.6 Å². The first-order valence-electron chi connectivity index (χ1n) is 7.79. The average molecular weight is 362 g/mol. The topological polar surface area (TPSA) is 105 Å². The molecule has 1 N–H and O–H groups in total. The van der Waals surface area contributed by atoms with E-state index in [2.05, 4.69) is 10.3 Å². The Balaban J connectivity index is 2.12. The number of aromatic nitrogens is 1. The zero-order valence-corrected chi connectivity index (χ0v) is 14.4. The van der Waals surface area contributed by atoms with Gasteiger partial charge < -0.3 is 5.32 Å². The normalized spacial score (nSPS) is 18.8. The zero-order valence-electron chi connectivity index (χ0n) is 13.6. The molecule has 2 heterocycles. The molecule has 1 fully saturated rings. The minimum atomic E-state index is -4.04. The van der Waals surface area contributed by atoms with Crippen molar-refractivity contribution in [2.45, 2.75) is 17.9 Å². The zero-order chi connectivity index (χ0) is 18.0. The van der Waals surface area contributed by atoms with Gasteiger partial charge in [0.15, 0.2) is 4.90 Å². The van der Waals surface area contributed by atoms with E-state index in [1.807, 2.05) is 0 Å². The Bertz CT molecular complexity index is 886. The lowest BCUT2D eigenvalue weighted by Crippen LogP contribution is -2.48. The maximum Gasteiger partial charge on any atom is 0.289 e. The van der Waals surface area contributed by atoms with Crippen LogP contribution in [0.2, 0.25) is 0 Å². The van der Waals surface area contributed by atoms with Crippen molar-refractivity contribution >= 4 is 15.7 Å². The molecule has 1 aromatic heterocycles. The lowest BCUT2D eigenvalue weighted by atomic mass is 10.1. The molecular weight excluding hydrogens is 344 g/mol. The summed E-state index contributed by atoms with van der Waals surface area (Å²) in [4.78, 5) is 14.5. The summed E-state index contributed by atoms with van der Waals surface area (Å²) in [6.07, 6.45) is 3.23. The number of nitrogens with zero attached hydrogens (tertiary/aromatic N) is 3. The molecule has 0 saturated carbocycles. The van der Waals surface area contributed by atoms with Crippen molar-refractivity contribution in [1.82, 2.24) is 14.6 Å². The fourth-order valence-electron chi connectivity index (χ4n) is 3.06. The minimum absolute atomic E-state index is 0.230. The summed E-state index contributed by atoms with van der Waals surface area (Å²) < 4.78 is 27.9. The first-order chi connectivity index (χ1) is 11.9. The number of nitrogens with one attached hydrogen (secondary N) is 1. The highest BCUT2D eigenvalue weighted by molar-refractivity contribution is 7.89. The Hall–Kier alpha value is -2.36. The lowest BCUT2D eigenvalue weighted by Gasteiger charge is -2.35. The molecule has 3 rings (SSSR count). The summed E-state index contributed by atoms with van der Waals surface area (Å²) in [5, 5.41) is 14.5. The third-order valence-corrected chi connectivity index (χ3v) is 6.32. The first kappa shape index (κ1) is 17.5. The van der Waals surface area contributed by atoms with E-state index in [1.165, 1.54) is 16.4 Å². The molecular formula is C16H18N4O4S. The third kappa shape index (κ3) is 3.26. The van der Waals surface area contributed by atoms with E-state index >= 15 is 0 Å². The van der Waals surface area contributed by atoms with Crippen molar-refractivity contribution in [1.29, 1.82) is 0 Å². The second-order valence-electron chi connectivity index (χ2n) is 5.80. The van der Waals surface area contributed by atoms with Crippen LogP contribution in [0.4, 0.5) is 5.69 Å². The second-order valence-corrected chi connectivity index (χ2v) is 7.63. The summed E-state index contributed by atoms with van der Waals surface area (Å²) in [6.45, 7) is 2.70. The van der Waals surface area contributed by atoms with Crippen LogP contribution >= 0.6 is 0 Å². The van der Waals surface area contributed by atoms with E-state index < -0.39 is 26.7 Å². The monoisotopic (exact) mass is 362 g/mol. The smallest absolute Gasteiger partial charge is 0.289 e. The molecule has 0 bridgehead atoms. The van der Waals surface area contributed by atoms with Crippen molar-refractivity contribution in [3.05, 3.63) is 64.0 Å². The van der Waals surface area contributed by atoms with Gasteiger partial charge in [0.05, 0.1) is 11.0 Å². The minimum Gasteiger partial charge on any atom is -0.313 e. The predicted octanol–water partition coefficient (Wildman–Crippen LogP) is 1.63. The van der Waals surface area contributed by atoms with Gasteiger partial charge in [-0.2, -0.15) is 4.31 Å². The number of nitro groups is 1. The van der Waals surface area contributed by atoms with Gasteiger partial charge in [-0.15, -0.1) is 0 Å². The van der Waals surface area contributed by atoms with Gasteiger partial charge in [-0.25, -0.2) is 8.42 Å². The molecule has 2 aromatic rings. The molecule has 8 nitrogen and oxygen atoms in total. The van der Waals surface area contributed by atoms with Crippen LogP contribution < -0.4 is 5.32 Å². The Morgan fingerprint density at radius 1 is 1.32 bits per heavy atom. The summed E-state index contributed by atoms with van der Waals surface area (Å²) in [7, 11) is -4.04. The predicted molar refractivity (Wildman–Crippen MR) is 91.6 cm³/mol. The molecule has 132 valence electrons. The standard InChI is InChI=1S/C16H18N4O4S/c1-12-4-2-6-14(20(21)22)16(12)25(23,24)19-9-8-18-11-15(19)13-5-3-7-17-10-13/h2-7,10,15,18H,8-9,11H2,1H3. The van der Waals surface area contributed by atoms with Crippen LogP contribution in [-0.2, 0) is 10.0 Å². The van der Waals surface area contributed by atoms with Gasteiger partial charge in [-0.05, 0) is 24.1 Å². The maximum atomic E-state index is 13.3. The van der Waals surface area contributed by atoms with Crippen molar-refractivity contribution in [3.8, 4) is 0 Å². The molecule has 1 atom stereocenters. The summed E-state index contributed by atoms with van der Waals surface area (Å²) in [6, 6.07) is 7.36. The Morgan fingerprint density at radius 2 is 2.12 bits per heavy atom. The summed E-state index contributed by atoms with van der Waals surface area (Å²) in [5.41, 5.74) is 0.704. The average Bonchev–Trinajstić information content (AvgIpc) is 2.62. The molecule has 0 aliphatic carbocycles. The number of sulfonamides is 1. The van der Waals surface area contributed by atoms with Crippen molar-refractivity contribution < 1.29 is 13.3 Å². The van der Waals surface area contributed by atoms with Crippen molar-refractivity contribution in [2.24, 2.45) is 0 Å². The summed E-state index contributed by atoms with van der Waals surface area (Å²) >= 11 is 0. The second kappa shape index (κ2) is 6.87. The fraction of sp³-hybridized carbons (Fsp3) is 0.312. The molecule has 25 heavy (non-hydrogen) atoms. The van der Waals surface area contributed by atoms with E-state index in [0.29, 0.717) is 18.7 Å². The molecule has 0 spiro atoms. The quantitative estimate of drug-likeness (QED) is 0.655. The number of aryl methyl sites for hydroxylation is 1. The molecule has 1 saturated heterocycles. The molecule has 0 radical (unpaired) electrons. The van der Waals surface area contributed by atoms with E-state index in [1.54, 1.807) is 37.5 Å². The van der Waals surface area contributed by atoms with Crippen LogP contribution in [0.1, 0.15) is 17.2 Å². The molecule has 9 heteroatoms. The molecule has 1 unspecified atom stereocenters. The van der Waals surface area contributed by atoms with E-state index in [-0.39, 0.29) is 11.4 Å². The molecule has 1 aromatic carbocycles. The van der Waals surface area contributed by atoms with Gasteiger partial charge in [-0.3, -0.25) is 15.1 Å². The van der Waals surface area contributed by atoms with Gasteiger partial charge in [0, 0.05) is 38.1 Å². The van der Waals surface area contributed by atoms with Crippen molar-refractivity contribution in [2.75, 3.05) is 19.6 Å². The summed E-state index contributed by atoms with van der Waals surface area (Å²) in [5.74, 6) is 0. The van der Waals surface area contributed by atoms with Crippen molar-refractivity contribution in [3.63, 3.8) is 0 Å². The number of hydrogen-bond acceptors (Lipinski definition) is 6.